The molecule has 1 aliphatic carbocycles. The second-order valence-electron chi connectivity index (χ2n) is 6.01. The zero-order valence-corrected chi connectivity index (χ0v) is 13.0. The van der Waals surface area contributed by atoms with Gasteiger partial charge in [-0.3, -0.25) is 4.79 Å². The van der Waals surface area contributed by atoms with Crippen molar-refractivity contribution in [2.24, 2.45) is 5.10 Å². The summed E-state index contributed by atoms with van der Waals surface area (Å²) in [6.45, 7) is 3.76. The van der Waals surface area contributed by atoms with Gasteiger partial charge >= 0.3 is 5.91 Å². The number of rotatable bonds is 5. The van der Waals surface area contributed by atoms with Crippen LogP contribution in [-0.2, 0) is 4.79 Å². The Bertz CT molecular complexity index is 474. The third kappa shape index (κ3) is 4.97. The van der Waals surface area contributed by atoms with Crippen molar-refractivity contribution >= 4 is 11.6 Å². The SMILES string of the molecule is CC(C)=NNC(=O)[C@H]([NH2+]C1CCCCC1)c1ccccc1. The van der Waals surface area contributed by atoms with Gasteiger partial charge < -0.3 is 5.32 Å². The summed E-state index contributed by atoms with van der Waals surface area (Å²) in [5.74, 6) is -0.0343. The number of nitrogens with two attached hydrogens (primary N) is 1. The molecule has 3 N–H and O–H groups in total. The molecule has 0 spiro atoms. The van der Waals surface area contributed by atoms with Crippen molar-refractivity contribution in [2.45, 2.75) is 58.0 Å². The van der Waals surface area contributed by atoms with Crippen LogP contribution in [0.5, 0.6) is 0 Å². The Balaban J connectivity index is 2.09. The maximum absolute atomic E-state index is 12.5. The highest BCUT2D eigenvalue weighted by Crippen LogP contribution is 2.17. The molecule has 0 saturated heterocycles. The van der Waals surface area contributed by atoms with Crippen LogP contribution in [0.4, 0.5) is 0 Å². The van der Waals surface area contributed by atoms with Crippen LogP contribution < -0.4 is 10.7 Å². The number of amides is 1. The van der Waals surface area contributed by atoms with Gasteiger partial charge in [-0.15, -0.1) is 0 Å². The van der Waals surface area contributed by atoms with Crippen LogP contribution in [0.1, 0.15) is 57.6 Å². The first-order chi connectivity index (χ1) is 10.2. The average Bonchev–Trinajstić information content (AvgIpc) is 2.52. The average molecular weight is 288 g/mol. The van der Waals surface area contributed by atoms with Crippen molar-refractivity contribution < 1.29 is 10.1 Å². The summed E-state index contributed by atoms with van der Waals surface area (Å²) < 4.78 is 0. The predicted octanol–water partition coefficient (Wildman–Crippen LogP) is 2.14. The lowest BCUT2D eigenvalue weighted by molar-refractivity contribution is -0.718. The van der Waals surface area contributed by atoms with E-state index in [1.54, 1.807) is 0 Å². The second kappa shape index (κ2) is 7.93. The van der Waals surface area contributed by atoms with Gasteiger partial charge in [-0.25, -0.2) is 5.43 Å². The fourth-order valence-electron chi connectivity index (χ4n) is 2.85. The summed E-state index contributed by atoms with van der Waals surface area (Å²) in [4.78, 5) is 12.5. The maximum atomic E-state index is 12.5. The van der Waals surface area contributed by atoms with E-state index in [2.05, 4.69) is 15.8 Å². The van der Waals surface area contributed by atoms with E-state index in [-0.39, 0.29) is 11.9 Å². The van der Waals surface area contributed by atoms with Crippen molar-refractivity contribution in [3.05, 3.63) is 35.9 Å². The van der Waals surface area contributed by atoms with Crippen LogP contribution in [0.3, 0.4) is 0 Å². The van der Waals surface area contributed by atoms with E-state index in [0.717, 1.165) is 11.3 Å². The summed E-state index contributed by atoms with van der Waals surface area (Å²) in [5.41, 5.74) is 4.59. The minimum atomic E-state index is -0.211. The Labute approximate surface area is 127 Å². The van der Waals surface area contributed by atoms with Crippen LogP contribution in [0, 0.1) is 0 Å². The summed E-state index contributed by atoms with van der Waals surface area (Å²) in [6.07, 6.45) is 6.28. The van der Waals surface area contributed by atoms with Gasteiger partial charge in [0.15, 0.2) is 6.04 Å². The molecule has 21 heavy (non-hydrogen) atoms. The van der Waals surface area contributed by atoms with Crippen molar-refractivity contribution in [3.8, 4) is 0 Å². The van der Waals surface area contributed by atoms with Crippen molar-refractivity contribution in [1.82, 2.24) is 5.43 Å². The number of carbonyl (C=O) groups is 1. The molecule has 1 aliphatic rings. The molecule has 1 fully saturated rings. The lowest BCUT2D eigenvalue weighted by Crippen LogP contribution is -2.92. The third-order valence-corrected chi connectivity index (χ3v) is 3.95. The molecule has 1 aromatic carbocycles. The molecule has 0 aromatic heterocycles. The summed E-state index contributed by atoms with van der Waals surface area (Å²) in [5, 5.41) is 6.29. The highest BCUT2D eigenvalue weighted by molar-refractivity contribution is 5.85. The Kier molecular flexibility index (Phi) is 5.93. The minimum Gasteiger partial charge on any atom is -0.330 e. The van der Waals surface area contributed by atoms with E-state index in [1.165, 1.54) is 32.1 Å². The highest BCUT2D eigenvalue weighted by atomic mass is 16.2. The first-order valence-corrected chi connectivity index (χ1v) is 7.87. The molecule has 4 heteroatoms. The fourth-order valence-corrected chi connectivity index (χ4v) is 2.85. The highest BCUT2D eigenvalue weighted by Gasteiger charge is 2.28. The molecule has 0 unspecified atom stereocenters. The van der Waals surface area contributed by atoms with E-state index < -0.39 is 0 Å². The molecule has 0 radical (unpaired) electrons. The van der Waals surface area contributed by atoms with Gasteiger partial charge in [0, 0.05) is 11.3 Å². The van der Waals surface area contributed by atoms with Gasteiger partial charge in [0.2, 0.25) is 0 Å². The van der Waals surface area contributed by atoms with E-state index in [9.17, 15) is 4.79 Å². The van der Waals surface area contributed by atoms with E-state index in [1.807, 2.05) is 44.2 Å². The minimum absolute atomic E-state index is 0.0343. The van der Waals surface area contributed by atoms with Crippen molar-refractivity contribution in [3.63, 3.8) is 0 Å². The van der Waals surface area contributed by atoms with Gasteiger partial charge in [0.1, 0.15) is 0 Å². The molecule has 0 bridgehead atoms. The third-order valence-electron chi connectivity index (χ3n) is 3.95. The number of nitrogens with one attached hydrogen (secondary N) is 1. The second-order valence-corrected chi connectivity index (χ2v) is 6.01. The number of carbonyl (C=O) groups excluding carboxylic acids is 1. The summed E-state index contributed by atoms with van der Waals surface area (Å²) >= 11 is 0. The normalized spacial score (nSPS) is 17.0. The largest absolute Gasteiger partial charge is 0.330 e. The molecule has 1 saturated carbocycles. The number of nitrogens with zero attached hydrogens (tertiary/aromatic N) is 1. The van der Waals surface area contributed by atoms with E-state index >= 15 is 0 Å². The maximum Gasteiger partial charge on any atom is 0.303 e. The van der Waals surface area contributed by atoms with Crippen LogP contribution >= 0.6 is 0 Å². The summed E-state index contributed by atoms with van der Waals surface area (Å²) in [7, 11) is 0. The molecule has 1 atom stereocenters. The topological polar surface area (TPSA) is 58.1 Å². The molecule has 114 valence electrons. The van der Waals surface area contributed by atoms with Gasteiger partial charge in [0.05, 0.1) is 6.04 Å². The first kappa shape index (κ1) is 15.7. The van der Waals surface area contributed by atoms with Gasteiger partial charge in [-0.05, 0) is 39.5 Å². The molecule has 1 aromatic rings. The van der Waals surface area contributed by atoms with Gasteiger partial charge in [0.25, 0.3) is 0 Å². The zero-order chi connectivity index (χ0) is 15.1. The lowest BCUT2D eigenvalue weighted by Gasteiger charge is -2.24. The van der Waals surface area contributed by atoms with Crippen LogP contribution in [-0.4, -0.2) is 17.7 Å². The monoisotopic (exact) mass is 288 g/mol. The Morgan fingerprint density at radius 1 is 1.19 bits per heavy atom. The van der Waals surface area contributed by atoms with E-state index in [4.69, 9.17) is 0 Å². The molecule has 0 aliphatic heterocycles. The first-order valence-electron chi connectivity index (χ1n) is 7.87. The van der Waals surface area contributed by atoms with Crippen molar-refractivity contribution in [1.29, 1.82) is 0 Å². The van der Waals surface area contributed by atoms with Crippen LogP contribution in [0.15, 0.2) is 35.4 Å². The Morgan fingerprint density at radius 3 is 2.48 bits per heavy atom. The smallest absolute Gasteiger partial charge is 0.303 e. The molecule has 4 nitrogen and oxygen atoms in total. The molecule has 1 amide bonds. The Hall–Kier alpha value is -1.68. The quantitative estimate of drug-likeness (QED) is 0.633. The fraction of sp³-hybridized carbons (Fsp3) is 0.529. The Morgan fingerprint density at radius 2 is 1.86 bits per heavy atom. The molecule has 0 heterocycles. The van der Waals surface area contributed by atoms with Gasteiger partial charge in [-0.1, -0.05) is 36.8 Å². The number of hydrogen-bond donors (Lipinski definition) is 2. The van der Waals surface area contributed by atoms with Gasteiger partial charge in [-0.2, -0.15) is 5.10 Å². The summed E-state index contributed by atoms with van der Waals surface area (Å²) in [6, 6.07) is 10.3. The number of hydrogen-bond acceptors (Lipinski definition) is 2. The number of quaternary nitrogens is 1. The van der Waals surface area contributed by atoms with E-state index in [0.29, 0.717) is 6.04 Å². The predicted molar refractivity (Wildman–Crippen MR) is 84.9 cm³/mol. The van der Waals surface area contributed by atoms with Crippen molar-refractivity contribution in [2.75, 3.05) is 0 Å². The lowest BCUT2D eigenvalue weighted by atomic mass is 9.94. The molecular weight excluding hydrogens is 262 g/mol. The zero-order valence-electron chi connectivity index (χ0n) is 13.0. The number of benzene rings is 1. The van der Waals surface area contributed by atoms with Crippen LogP contribution in [0.25, 0.3) is 0 Å². The molecule has 2 rings (SSSR count). The molecular formula is C17H26N3O+. The standard InChI is InChI=1S/C17H25N3O/c1-13(2)19-20-17(21)16(14-9-5-3-6-10-14)18-15-11-7-4-8-12-15/h3,5-6,9-10,15-16,18H,4,7-8,11-12H2,1-2H3,(H,20,21)/p+1/t16-/m1/s1. The van der Waals surface area contributed by atoms with Crippen LogP contribution in [0.2, 0.25) is 0 Å². The number of hydrazone groups is 1.